The molecular weight excluding hydrogens is 339 g/mol. The van der Waals surface area contributed by atoms with Gasteiger partial charge in [0.1, 0.15) is 5.75 Å². The number of allylic oxidation sites excluding steroid dienone is 2. The van der Waals surface area contributed by atoms with Crippen LogP contribution in [0.3, 0.4) is 0 Å². The first kappa shape index (κ1) is 19.7. The van der Waals surface area contributed by atoms with Crippen molar-refractivity contribution in [3.63, 3.8) is 0 Å². The zero-order valence-electron chi connectivity index (χ0n) is 17.4. The van der Waals surface area contributed by atoms with Gasteiger partial charge in [-0.15, -0.1) is 0 Å². The summed E-state index contributed by atoms with van der Waals surface area (Å²) in [5.41, 5.74) is 2.55. The van der Waals surface area contributed by atoms with E-state index >= 15 is 0 Å². The van der Waals surface area contributed by atoms with Gasteiger partial charge < -0.3 is 14.4 Å². The number of phenolic OH excluding ortho intramolecular Hbond substituents is 1. The van der Waals surface area contributed by atoms with Crippen molar-refractivity contribution < 1.29 is 14.4 Å². The molecule has 0 saturated carbocycles. The van der Waals surface area contributed by atoms with E-state index in [1.807, 2.05) is 6.07 Å². The lowest BCUT2D eigenvalue weighted by Crippen LogP contribution is -2.54. The van der Waals surface area contributed by atoms with Crippen molar-refractivity contribution >= 4 is 31.4 Å². The van der Waals surface area contributed by atoms with Crippen molar-refractivity contribution in [1.29, 1.82) is 0 Å². The van der Waals surface area contributed by atoms with Crippen molar-refractivity contribution in [2.24, 2.45) is 0 Å². The molecule has 1 saturated heterocycles. The Hall–Kier alpha value is -1.04. The van der Waals surface area contributed by atoms with Crippen LogP contribution in [0.15, 0.2) is 18.2 Å². The van der Waals surface area contributed by atoms with E-state index in [1.165, 1.54) is 29.2 Å². The van der Waals surface area contributed by atoms with Crippen molar-refractivity contribution in [3.8, 4) is 5.75 Å². The normalized spacial score (nSPS) is 22.4. The molecule has 0 radical (unpaired) electrons. The first-order valence-corrected chi connectivity index (χ1v) is 13.3. The standard InChI is InChI=1S/C21H33BO3Si/c1-20(2)21(3,4)25-22(24-20)19-17(23)13-16(14-18(19)26(5,6)7)15-11-9-8-10-12-15/h11,13-14,23H,8-10,12H2,1-7H3. The lowest BCUT2D eigenvalue weighted by molar-refractivity contribution is 0.00578. The topological polar surface area (TPSA) is 38.7 Å². The van der Waals surface area contributed by atoms with Crippen LogP contribution in [0.4, 0.5) is 0 Å². The number of phenols is 1. The fraction of sp³-hybridized carbons (Fsp3) is 0.619. The minimum atomic E-state index is -1.71. The number of hydrogen-bond acceptors (Lipinski definition) is 3. The lowest BCUT2D eigenvalue weighted by Gasteiger charge is -2.32. The van der Waals surface area contributed by atoms with Gasteiger partial charge in [0.05, 0.1) is 19.3 Å². The summed E-state index contributed by atoms with van der Waals surface area (Å²) in [4.78, 5) is 0. The summed E-state index contributed by atoms with van der Waals surface area (Å²) in [6, 6.07) is 4.21. The molecule has 1 fully saturated rings. The number of aromatic hydroxyl groups is 1. The zero-order valence-corrected chi connectivity index (χ0v) is 18.4. The average molecular weight is 372 g/mol. The number of hydrogen-bond donors (Lipinski definition) is 1. The van der Waals surface area contributed by atoms with Gasteiger partial charge in [-0.1, -0.05) is 37.0 Å². The molecule has 5 heteroatoms. The van der Waals surface area contributed by atoms with E-state index in [9.17, 15) is 5.11 Å². The molecule has 0 unspecified atom stereocenters. The Morgan fingerprint density at radius 3 is 2.12 bits per heavy atom. The summed E-state index contributed by atoms with van der Waals surface area (Å²) in [5, 5.41) is 12.2. The molecule has 0 atom stereocenters. The van der Waals surface area contributed by atoms with Crippen LogP contribution in [0.1, 0.15) is 58.9 Å². The van der Waals surface area contributed by atoms with Crippen LogP contribution < -0.4 is 10.6 Å². The Morgan fingerprint density at radius 2 is 1.62 bits per heavy atom. The highest BCUT2D eigenvalue weighted by atomic mass is 28.3. The summed E-state index contributed by atoms with van der Waals surface area (Å²) in [5.74, 6) is 0.310. The second-order valence-electron chi connectivity index (χ2n) is 9.77. The predicted octanol–water partition coefficient (Wildman–Crippen LogP) is 4.19. The van der Waals surface area contributed by atoms with Crippen molar-refractivity contribution in [1.82, 2.24) is 0 Å². The van der Waals surface area contributed by atoms with Crippen LogP contribution in [0.5, 0.6) is 5.75 Å². The predicted molar refractivity (Wildman–Crippen MR) is 113 cm³/mol. The Bertz CT molecular complexity index is 716. The van der Waals surface area contributed by atoms with Gasteiger partial charge in [-0.05, 0) is 70.6 Å². The molecule has 0 amide bonds. The Morgan fingerprint density at radius 1 is 1.00 bits per heavy atom. The quantitative estimate of drug-likeness (QED) is 0.809. The Labute approximate surface area is 159 Å². The maximum Gasteiger partial charge on any atom is 0.498 e. The van der Waals surface area contributed by atoms with Crippen molar-refractivity contribution in [2.75, 3.05) is 0 Å². The first-order valence-electron chi connectivity index (χ1n) is 9.85. The highest BCUT2D eigenvalue weighted by Crippen LogP contribution is 2.37. The summed E-state index contributed by atoms with van der Waals surface area (Å²) in [6.07, 6.45) is 7.06. The SMILES string of the molecule is CC1(C)OB(c2c(O)cc(C3=CCCCC3)cc2[Si](C)(C)C)OC1(C)C. The van der Waals surface area contributed by atoms with Gasteiger partial charge in [0.25, 0.3) is 0 Å². The lowest BCUT2D eigenvalue weighted by atomic mass is 9.77. The van der Waals surface area contributed by atoms with Gasteiger partial charge in [-0.25, -0.2) is 0 Å². The van der Waals surface area contributed by atoms with E-state index in [0.717, 1.165) is 18.3 Å². The molecule has 1 aromatic rings. The van der Waals surface area contributed by atoms with E-state index in [4.69, 9.17) is 9.31 Å². The molecule has 1 N–H and O–H groups in total. The molecule has 3 nitrogen and oxygen atoms in total. The Balaban J connectivity index is 2.10. The van der Waals surface area contributed by atoms with E-state index in [-0.39, 0.29) is 0 Å². The highest BCUT2D eigenvalue weighted by Gasteiger charge is 2.53. The average Bonchev–Trinajstić information content (AvgIpc) is 2.74. The minimum absolute atomic E-state index is 0.310. The van der Waals surface area contributed by atoms with Crippen molar-refractivity contribution in [3.05, 3.63) is 23.8 Å². The van der Waals surface area contributed by atoms with Gasteiger partial charge in [-0.2, -0.15) is 0 Å². The summed E-state index contributed by atoms with van der Waals surface area (Å²) >= 11 is 0. The van der Waals surface area contributed by atoms with E-state index < -0.39 is 26.4 Å². The van der Waals surface area contributed by atoms with Crippen LogP contribution >= 0.6 is 0 Å². The van der Waals surface area contributed by atoms with Crippen LogP contribution in [-0.4, -0.2) is 31.5 Å². The molecule has 3 rings (SSSR count). The maximum absolute atomic E-state index is 11.0. The van der Waals surface area contributed by atoms with Crippen molar-refractivity contribution in [2.45, 2.75) is 84.2 Å². The third kappa shape index (κ3) is 3.54. The minimum Gasteiger partial charge on any atom is -0.508 e. The van der Waals surface area contributed by atoms with Crippen LogP contribution in [0.2, 0.25) is 19.6 Å². The molecule has 1 aliphatic carbocycles. The fourth-order valence-corrected chi connectivity index (χ4v) is 5.40. The molecule has 2 aliphatic rings. The molecule has 0 aromatic heterocycles. The third-order valence-corrected chi connectivity index (χ3v) is 8.15. The van der Waals surface area contributed by atoms with Gasteiger partial charge in [0, 0.05) is 5.46 Å². The first-order chi connectivity index (χ1) is 11.9. The molecule has 1 heterocycles. The molecule has 142 valence electrons. The van der Waals surface area contributed by atoms with Gasteiger partial charge in [-0.3, -0.25) is 0 Å². The molecule has 0 spiro atoms. The van der Waals surface area contributed by atoms with E-state index in [1.54, 1.807) is 0 Å². The molecule has 1 aliphatic heterocycles. The van der Waals surface area contributed by atoms with Crippen LogP contribution in [0.25, 0.3) is 5.57 Å². The molecule has 0 bridgehead atoms. The van der Waals surface area contributed by atoms with Crippen LogP contribution in [-0.2, 0) is 9.31 Å². The van der Waals surface area contributed by atoms with Gasteiger partial charge in [0.2, 0.25) is 0 Å². The van der Waals surface area contributed by atoms with Gasteiger partial charge >= 0.3 is 7.12 Å². The second-order valence-corrected chi connectivity index (χ2v) is 14.8. The van der Waals surface area contributed by atoms with Crippen LogP contribution in [0, 0.1) is 0 Å². The summed E-state index contributed by atoms with van der Waals surface area (Å²) in [6.45, 7) is 15.2. The maximum atomic E-state index is 11.0. The zero-order chi connectivity index (χ0) is 19.3. The molecular formula is C21H33BO3Si. The van der Waals surface area contributed by atoms with E-state index in [2.05, 4.69) is 59.5 Å². The summed E-state index contributed by atoms with van der Waals surface area (Å²) < 4.78 is 12.6. The molecule has 26 heavy (non-hydrogen) atoms. The highest BCUT2D eigenvalue weighted by molar-refractivity contribution is 6.92. The Kier molecular flexibility index (Phi) is 4.96. The monoisotopic (exact) mass is 372 g/mol. The van der Waals surface area contributed by atoms with E-state index in [0.29, 0.717) is 5.75 Å². The van der Waals surface area contributed by atoms with Gasteiger partial charge in [0.15, 0.2) is 0 Å². The smallest absolute Gasteiger partial charge is 0.498 e. The largest absolute Gasteiger partial charge is 0.508 e. The molecule has 1 aromatic carbocycles. The number of rotatable bonds is 3. The second kappa shape index (κ2) is 6.54. The number of benzene rings is 1. The fourth-order valence-electron chi connectivity index (χ4n) is 3.75. The summed E-state index contributed by atoms with van der Waals surface area (Å²) in [7, 11) is -2.23. The third-order valence-electron chi connectivity index (χ3n) is 6.12.